The number of halogens is 1. The lowest BCUT2D eigenvalue weighted by atomic mass is 10.1. The summed E-state index contributed by atoms with van der Waals surface area (Å²) in [6, 6.07) is 6.09. The van der Waals surface area contributed by atoms with Crippen LogP contribution in [-0.2, 0) is 0 Å². The predicted octanol–water partition coefficient (Wildman–Crippen LogP) is 1.96. The van der Waals surface area contributed by atoms with Gasteiger partial charge in [0, 0.05) is 19.6 Å². The number of β-amino-alcohol motifs (C(OH)–C–C–N with tert-alkyl or cyclic N) is 1. The maximum absolute atomic E-state index is 9.81. The molecule has 1 heterocycles. The lowest BCUT2D eigenvalue weighted by Crippen LogP contribution is -2.41. The van der Waals surface area contributed by atoms with Crippen LogP contribution in [0.2, 0.25) is 0 Å². The first-order valence-corrected chi connectivity index (χ1v) is 9.09. The van der Waals surface area contributed by atoms with Gasteiger partial charge >= 0.3 is 0 Å². The predicted molar refractivity (Wildman–Crippen MR) is 120 cm³/mol. The third-order valence-electron chi connectivity index (χ3n) is 4.63. The number of guanidine groups is 1. The summed E-state index contributed by atoms with van der Waals surface area (Å²) in [6.45, 7) is 4.93. The molecule has 1 aliphatic heterocycles. The number of likely N-dealkylation sites (tertiary alicyclic amines) is 1. The minimum atomic E-state index is -0.269. The van der Waals surface area contributed by atoms with Gasteiger partial charge in [-0.3, -0.25) is 4.99 Å². The molecule has 2 atom stereocenters. The number of rotatable bonds is 7. The third kappa shape index (κ3) is 6.39. The van der Waals surface area contributed by atoms with E-state index >= 15 is 0 Å². The average molecular weight is 492 g/mol. The molecule has 8 heteroatoms. The Balaban J connectivity index is 0.00000364. The van der Waals surface area contributed by atoms with Crippen LogP contribution in [0.15, 0.2) is 23.2 Å². The van der Waals surface area contributed by atoms with E-state index in [0.29, 0.717) is 13.1 Å². The number of nitrogens with zero attached hydrogens (tertiary/aromatic N) is 3. The first kappa shape index (κ1) is 23.8. The summed E-state index contributed by atoms with van der Waals surface area (Å²) in [7, 11) is 7.37. The van der Waals surface area contributed by atoms with Crippen LogP contribution in [0, 0.1) is 0 Å². The van der Waals surface area contributed by atoms with Crippen LogP contribution >= 0.6 is 24.0 Å². The van der Waals surface area contributed by atoms with Crippen LogP contribution < -0.4 is 14.8 Å². The van der Waals surface area contributed by atoms with E-state index in [1.807, 2.05) is 32.3 Å². The topological polar surface area (TPSA) is 69.6 Å². The maximum atomic E-state index is 9.81. The van der Waals surface area contributed by atoms with Crippen LogP contribution in [0.5, 0.6) is 11.5 Å². The van der Waals surface area contributed by atoms with Crippen molar-refractivity contribution in [3.8, 4) is 11.5 Å². The second kappa shape index (κ2) is 11.6. The molecule has 0 radical (unpaired) electrons. The smallest absolute Gasteiger partial charge is 0.194 e. The molecule has 0 spiro atoms. The highest BCUT2D eigenvalue weighted by Crippen LogP contribution is 2.31. The van der Waals surface area contributed by atoms with Gasteiger partial charge in [-0.15, -0.1) is 24.0 Å². The van der Waals surface area contributed by atoms with Crippen LogP contribution in [0.1, 0.15) is 24.9 Å². The van der Waals surface area contributed by atoms with E-state index in [-0.39, 0.29) is 36.1 Å². The molecule has 0 bridgehead atoms. The Hall–Kier alpha value is -1.26. The molecule has 0 aromatic heterocycles. The van der Waals surface area contributed by atoms with Crippen molar-refractivity contribution in [2.45, 2.75) is 25.5 Å². The molecular weight excluding hydrogens is 459 g/mol. The van der Waals surface area contributed by atoms with Crippen molar-refractivity contribution >= 4 is 29.9 Å². The Kier molecular flexibility index (Phi) is 10.2. The SMILES string of the molecule is CCNC(=NCC(c1ccc(OC)c(OC)c1)N(C)C)N1CC[C@@H](O)C1.I. The zero-order valence-corrected chi connectivity index (χ0v) is 19.3. The van der Waals surface area contributed by atoms with Gasteiger partial charge in [-0.25, -0.2) is 0 Å². The molecule has 7 nitrogen and oxygen atoms in total. The minimum absolute atomic E-state index is 0. The van der Waals surface area contributed by atoms with Gasteiger partial charge in [0.05, 0.1) is 32.9 Å². The molecule has 1 saturated heterocycles. The second-order valence-electron chi connectivity index (χ2n) is 6.68. The number of hydrogen-bond acceptors (Lipinski definition) is 5. The first-order valence-electron chi connectivity index (χ1n) is 9.09. The Morgan fingerprint density at radius 1 is 1.33 bits per heavy atom. The number of benzene rings is 1. The summed E-state index contributed by atoms with van der Waals surface area (Å²) in [6.07, 6.45) is 0.520. The van der Waals surface area contributed by atoms with Crippen LogP contribution in [0.25, 0.3) is 0 Å². The number of nitrogens with one attached hydrogen (secondary N) is 1. The Labute approximate surface area is 179 Å². The summed E-state index contributed by atoms with van der Waals surface area (Å²) in [4.78, 5) is 9.10. The fourth-order valence-corrected chi connectivity index (χ4v) is 3.16. The summed E-state index contributed by atoms with van der Waals surface area (Å²) in [5.74, 6) is 2.29. The normalized spacial score (nSPS) is 18.3. The third-order valence-corrected chi connectivity index (χ3v) is 4.63. The summed E-state index contributed by atoms with van der Waals surface area (Å²) in [5.41, 5.74) is 1.12. The van der Waals surface area contributed by atoms with Crippen LogP contribution in [0.3, 0.4) is 0 Å². The maximum Gasteiger partial charge on any atom is 0.194 e. The molecule has 1 aromatic rings. The Morgan fingerprint density at radius 3 is 2.56 bits per heavy atom. The van der Waals surface area contributed by atoms with Gasteiger partial charge in [-0.2, -0.15) is 0 Å². The van der Waals surface area contributed by atoms with E-state index in [0.717, 1.165) is 42.5 Å². The fraction of sp³-hybridized carbons (Fsp3) is 0.632. The van der Waals surface area contributed by atoms with Crippen molar-refractivity contribution < 1.29 is 14.6 Å². The molecule has 2 N–H and O–H groups in total. The van der Waals surface area contributed by atoms with E-state index in [2.05, 4.69) is 22.0 Å². The fourth-order valence-electron chi connectivity index (χ4n) is 3.16. The minimum Gasteiger partial charge on any atom is -0.493 e. The molecule has 154 valence electrons. The monoisotopic (exact) mass is 492 g/mol. The van der Waals surface area contributed by atoms with Gasteiger partial charge in [-0.1, -0.05) is 6.07 Å². The van der Waals surface area contributed by atoms with Crippen molar-refractivity contribution in [1.82, 2.24) is 15.1 Å². The van der Waals surface area contributed by atoms with Crippen LogP contribution in [-0.4, -0.2) is 81.5 Å². The molecule has 0 aliphatic carbocycles. The summed E-state index contributed by atoms with van der Waals surface area (Å²) < 4.78 is 10.8. The molecular formula is C19H33IN4O3. The highest BCUT2D eigenvalue weighted by Gasteiger charge is 2.23. The van der Waals surface area contributed by atoms with Crippen molar-refractivity contribution in [2.24, 2.45) is 4.99 Å². The van der Waals surface area contributed by atoms with Crippen molar-refractivity contribution in [3.05, 3.63) is 23.8 Å². The van der Waals surface area contributed by atoms with E-state index < -0.39 is 0 Å². The zero-order valence-electron chi connectivity index (χ0n) is 16.9. The second-order valence-corrected chi connectivity index (χ2v) is 6.68. The van der Waals surface area contributed by atoms with Gasteiger partial charge in [0.15, 0.2) is 17.5 Å². The van der Waals surface area contributed by atoms with Crippen molar-refractivity contribution in [3.63, 3.8) is 0 Å². The van der Waals surface area contributed by atoms with E-state index in [1.165, 1.54) is 0 Å². The summed E-state index contributed by atoms with van der Waals surface area (Å²) >= 11 is 0. The number of ether oxygens (including phenoxy) is 2. The number of aliphatic hydroxyl groups is 1. The highest BCUT2D eigenvalue weighted by atomic mass is 127. The number of likely N-dealkylation sites (N-methyl/N-ethyl adjacent to an activating group) is 1. The quantitative estimate of drug-likeness (QED) is 0.345. The molecule has 2 rings (SSSR count). The summed E-state index contributed by atoms with van der Waals surface area (Å²) in [5, 5.41) is 13.1. The number of aliphatic imine (C=N–C) groups is 1. The average Bonchev–Trinajstić information content (AvgIpc) is 3.06. The van der Waals surface area contributed by atoms with Crippen molar-refractivity contribution in [1.29, 1.82) is 0 Å². The molecule has 27 heavy (non-hydrogen) atoms. The molecule has 0 saturated carbocycles. The molecule has 1 fully saturated rings. The number of aliphatic hydroxyl groups excluding tert-OH is 1. The van der Waals surface area contributed by atoms with Crippen molar-refractivity contribution in [2.75, 3.05) is 54.5 Å². The van der Waals surface area contributed by atoms with Gasteiger partial charge in [0.25, 0.3) is 0 Å². The Bertz CT molecular complexity index is 613. The lowest BCUT2D eigenvalue weighted by molar-refractivity contribution is 0.187. The van der Waals surface area contributed by atoms with Gasteiger partial charge in [0.2, 0.25) is 0 Å². The van der Waals surface area contributed by atoms with E-state index in [1.54, 1.807) is 14.2 Å². The van der Waals surface area contributed by atoms with E-state index in [9.17, 15) is 5.11 Å². The molecule has 1 unspecified atom stereocenters. The number of hydrogen-bond donors (Lipinski definition) is 2. The first-order chi connectivity index (χ1) is 12.5. The molecule has 1 aromatic carbocycles. The van der Waals surface area contributed by atoms with Crippen LogP contribution in [0.4, 0.5) is 0 Å². The molecule has 0 amide bonds. The standard InChI is InChI=1S/C19H32N4O3.HI/c1-6-20-19(23-10-9-15(24)13-23)21-12-16(22(2)3)14-7-8-17(25-4)18(11-14)26-5;/h7-8,11,15-16,24H,6,9-10,12-13H2,1-5H3,(H,20,21);1H/t15-,16?;/m1./s1. The molecule has 1 aliphatic rings. The Morgan fingerprint density at radius 2 is 2.04 bits per heavy atom. The largest absolute Gasteiger partial charge is 0.493 e. The van der Waals surface area contributed by atoms with Gasteiger partial charge in [0.1, 0.15) is 0 Å². The highest BCUT2D eigenvalue weighted by molar-refractivity contribution is 14.0. The number of methoxy groups -OCH3 is 2. The lowest BCUT2D eigenvalue weighted by Gasteiger charge is -2.26. The van der Waals surface area contributed by atoms with Gasteiger partial charge in [-0.05, 0) is 45.1 Å². The van der Waals surface area contributed by atoms with Gasteiger partial charge < -0.3 is 29.7 Å². The van der Waals surface area contributed by atoms with E-state index in [4.69, 9.17) is 14.5 Å². The zero-order chi connectivity index (χ0) is 19.1.